The molecule has 106 valence electrons. The Labute approximate surface area is 118 Å². The Kier molecular flexibility index (Phi) is 3.90. The van der Waals surface area contributed by atoms with Gasteiger partial charge in [-0.3, -0.25) is 0 Å². The molecule has 3 rings (SSSR count). The summed E-state index contributed by atoms with van der Waals surface area (Å²) in [4.78, 5) is 13.0. The predicted octanol–water partition coefficient (Wildman–Crippen LogP) is 2.09. The standard InChI is InChI=1S/C14H19N5O/c1-10-18-13(19-20-10)7-8-15-14-11-5-3-2-4-6-12(11)16-9-17-14/h9H,2-8H2,1H3,(H,15,16,17). The van der Waals surface area contributed by atoms with E-state index in [1.54, 1.807) is 13.3 Å². The number of hydrogen-bond acceptors (Lipinski definition) is 6. The first-order valence-corrected chi connectivity index (χ1v) is 7.19. The van der Waals surface area contributed by atoms with Crippen molar-refractivity contribution in [3.05, 3.63) is 29.3 Å². The van der Waals surface area contributed by atoms with E-state index in [2.05, 4.69) is 25.4 Å². The van der Waals surface area contributed by atoms with Crippen molar-refractivity contribution in [2.75, 3.05) is 11.9 Å². The molecule has 0 unspecified atom stereocenters. The second-order valence-electron chi connectivity index (χ2n) is 5.11. The summed E-state index contributed by atoms with van der Waals surface area (Å²) < 4.78 is 4.96. The quantitative estimate of drug-likeness (QED) is 0.860. The topological polar surface area (TPSA) is 76.7 Å². The lowest BCUT2D eigenvalue weighted by atomic mass is 10.1. The molecule has 0 saturated heterocycles. The van der Waals surface area contributed by atoms with Crippen LogP contribution in [0.2, 0.25) is 0 Å². The molecule has 0 atom stereocenters. The van der Waals surface area contributed by atoms with Crippen LogP contribution in [-0.2, 0) is 19.3 Å². The van der Waals surface area contributed by atoms with Crippen molar-refractivity contribution < 1.29 is 4.52 Å². The van der Waals surface area contributed by atoms with Crippen molar-refractivity contribution >= 4 is 5.82 Å². The summed E-state index contributed by atoms with van der Waals surface area (Å²) in [7, 11) is 0. The number of aryl methyl sites for hydroxylation is 2. The molecule has 0 aliphatic heterocycles. The van der Waals surface area contributed by atoms with Gasteiger partial charge in [-0.2, -0.15) is 4.98 Å². The maximum Gasteiger partial charge on any atom is 0.223 e. The van der Waals surface area contributed by atoms with Crippen LogP contribution in [0.25, 0.3) is 0 Å². The molecule has 0 saturated carbocycles. The molecule has 2 heterocycles. The number of anilines is 1. The van der Waals surface area contributed by atoms with Gasteiger partial charge in [0.15, 0.2) is 5.82 Å². The third-order valence-electron chi connectivity index (χ3n) is 3.59. The van der Waals surface area contributed by atoms with Gasteiger partial charge in [0, 0.05) is 31.1 Å². The highest BCUT2D eigenvalue weighted by molar-refractivity contribution is 5.46. The molecular formula is C14H19N5O. The highest BCUT2D eigenvalue weighted by Gasteiger charge is 2.14. The van der Waals surface area contributed by atoms with Gasteiger partial charge in [0.25, 0.3) is 0 Å². The van der Waals surface area contributed by atoms with Crippen LogP contribution in [0.1, 0.15) is 42.2 Å². The fourth-order valence-electron chi connectivity index (χ4n) is 2.59. The van der Waals surface area contributed by atoms with Gasteiger partial charge < -0.3 is 9.84 Å². The lowest BCUT2D eigenvalue weighted by Gasteiger charge is -2.11. The van der Waals surface area contributed by atoms with E-state index in [4.69, 9.17) is 4.52 Å². The second-order valence-corrected chi connectivity index (χ2v) is 5.11. The summed E-state index contributed by atoms with van der Waals surface area (Å²) >= 11 is 0. The van der Waals surface area contributed by atoms with E-state index in [0.717, 1.165) is 37.4 Å². The fraction of sp³-hybridized carbons (Fsp3) is 0.571. The molecular weight excluding hydrogens is 254 g/mol. The number of hydrogen-bond donors (Lipinski definition) is 1. The van der Waals surface area contributed by atoms with Gasteiger partial charge in [-0.1, -0.05) is 11.6 Å². The highest BCUT2D eigenvalue weighted by Crippen LogP contribution is 2.23. The van der Waals surface area contributed by atoms with Gasteiger partial charge in [-0.25, -0.2) is 9.97 Å². The summed E-state index contributed by atoms with van der Waals surface area (Å²) in [6.07, 6.45) is 8.25. The molecule has 1 aliphatic rings. The first kappa shape index (κ1) is 13.0. The maximum absolute atomic E-state index is 4.96. The van der Waals surface area contributed by atoms with Gasteiger partial charge in [0.05, 0.1) is 0 Å². The van der Waals surface area contributed by atoms with Crippen molar-refractivity contribution in [2.45, 2.75) is 45.4 Å². The Balaban J connectivity index is 1.65. The summed E-state index contributed by atoms with van der Waals surface area (Å²) in [6.45, 7) is 2.55. The Morgan fingerprint density at radius 2 is 2.10 bits per heavy atom. The monoisotopic (exact) mass is 273 g/mol. The van der Waals surface area contributed by atoms with Crippen molar-refractivity contribution in [1.29, 1.82) is 0 Å². The van der Waals surface area contributed by atoms with Crippen molar-refractivity contribution in [3.8, 4) is 0 Å². The van der Waals surface area contributed by atoms with E-state index in [-0.39, 0.29) is 0 Å². The van der Waals surface area contributed by atoms with Gasteiger partial charge in [-0.15, -0.1) is 0 Å². The van der Waals surface area contributed by atoms with Gasteiger partial charge in [0.1, 0.15) is 12.1 Å². The summed E-state index contributed by atoms with van der Waals surface area (Å²) in [5.74, 6) is 2.31. The molecule has 6 heteroatoms. The van der Waals surface area contributed by atoms with Crippen LogP contribution in [0.4, 0.5) is 5.82 Å². The van der Waals surface area contributed by atoms with Crippen LogP contribution in [0.3, 0.4) is 0 Å². The van der Waals surface area contributed by atoms with Crippen LogP contribution >= 0.6 is 0 Å². The van der Waals surface area contributed by atoms with Gasteiger partial charge in [0.2, 0.25) is 5.89 Å². The molecule has 0 fully saturated rings. The van der Waals surface area contributed by atoms with E-state index in [1.165, 1.54) is 30.5 Å². The summed E-state index contributed by atoms with van der Waals surface area (Å²) in [6, 6.07) is 0. The SMILES string of the molecule is Cc1nc(CCNc2ncnc3c2CCCCC3)no1. The fourth-order valence-corrected chi connectivity index (χ4v) is 2.59. The third kappa shape index (κ3) is 2.95. The molecule has 1 aliphatic carbocycles. The van der Waals surface area contributed by atoms with Crippen LogP contribution < -0.4 is 5.32 Å². The van der Waals surface area contributed by atoms with Gasteiger partial charge >= 0.3 is 0 Å². The molecule has 2 aromatic heterocycles. The molecule has 0 aromatic carbocycles. The molecule has 0 spiro atoms. The van der Waals surface area contributed by atoms with E-state index in [1.807, 2.05) is 0 Å². The van der Waals surface area contributed by atoms with Crippen molar-refractivity contribution in [3.63, 3.8) is 0 Å². The molecule has 0 amide bonds. The minimum atomic E-state index is 0.607. The van der Waals surface area contributed by atoms with E-state index in [0.29, 0.717) is 5.89 Å². The molecule has 6 nitrogen and oxygen atoms in total. The molecule has 2 aromatic rings. The van der Waals surface area contributed by atoms with Crippen molar-refractivity contribution in [1.82, 2.24) is 20.1 Å². The summed E-state index contributed by atoms with van der Waals surface area (Å²) in [5, 5.41) is 7.28. The van der Waals surface area contributed by atoms with Crippen LogP contribution in [-0.4, -0.2) is 26.7 Å². The smallest absolute Gasteiger partial charge is 0.223 e. The minimum Gasteiger partial charge on any atom is -0.369 e. The number of aromatic nitrogens is 4. The molecule has 0 bridgehead atoms. The Morgan fingerprint density at radius 1 is 1.20 bits per heavy atom. The Bertz CT molecular complexity index is 581. The average Bonchev–Trinajstić information content (AvgIpc) is 2.73. The zero-order chi connectivity index (χ0) is 13.8. The van der Waals surface area contributed by atoms with E-state index < -0.39 is 0 Å². The number of rotatable bonds is 4. The molecule has 0 radical (unpaired) electrons. The lowest BCUT2D eigenvalue weighted by molar-refractivity contribution is 0.387. The summed E-state index contributed by atoms with van der Waals surface area (Å²) in [5.41, 5.74) is 2.49. The predicted molar refractivity (Wildman–Crippen MR) is 74.5 cm³/mol. The highest BCUT2D eigenvalue weighted by atomic mass is 16.5. The molecule has 1 N–H and O–H groups in total. The largest absolute Gasteiger partial charge is 0.369 e. The van der Waals surface area contributed by atoms with Crippen LogP contribution in [0.15, 0.2) is 10.9 Å². The lowest BCUT2D eigenvalue weighted by Crippen LogP contribution is -2.11. The third-order valence-corrected chi connectivity index (χ3v) is 3.59. The Hall–Kier alpha value is -1.98. The van der Waals surface area contributed by atoms with Crippen LogP contribution in [0, 0.1) is 6.92 Å². The zero-order valence-electron chi connectivity index (χ0n) is 11.7. The number of nitrogens with one attached hydrogen (secondary N) is 1. The number of nitrogens with zero attached hydrogens (tertiary/aromatic N) is 4. The second kappa shape index (κ2) is 5.98. The normalized spacial score (nSPS) is 14.7. The van der Waals surface area contributed by atoms with Crippen molar-refractivity contribution in [2.24, 2.45) is 0 Å². The first-order chi connectivity index (χ1) is 9.83. The number of fused-ring (bicyclic) bond motifs is 1. The van der Waals surface area contributed by atoms with E-state index >= 15 is 0 Å². The average molecular weight is 273 g/mol. The minimum absolute atomic E-state index is 0.607. The zero-order valence-corrected chi connectivity index (χ0v) is 11.7. The van der Waals surface area contributed by atoms with E-state index in [9.17, 15) is 0 Å². The Morgan fingerprint density at radius 3 is 2.95 bits per heavy atom. The first-order valence-electron chi connectivity index (χ1n) is 7.19. The molecule has 20 heavy (non-hydrogen) atoms. The van der Waals surface area contributed by atoms with Gasteiger partial charge in [-0.05, 0) is 25.7 Å². The maximum atomic E-state index is 4.96. The van der Waals surface area contributed by atoms with Crippen LogP contribution in [0.5, 0.6) is 0 Å².